The summed E-state index contributed by atoms with van der Waals surface area (Å²) < 4.78 is 35.9. The molecule has 0 spiro atoms. The number of Topliss-reactive ketones (excluding diaryl/α,β-unsaturated/α-hetero) is 1. The van der Waals surface area contributed by atoms with Crippen molar-refractivity contribution in [2.45, 2.75) is 13.2 Å². The third-order valence-electron chi connectivity index (χ3n) is 1.67. The van der Waals surface area contributed by atoms with E-state index >= 15 is 0 Å². The third kappa shape index (κ3) is 3.20. The Kier molecular flexibility index (Phi) is 2.93. The molecule has 0 aliphatic rings. The molecule has 0 radical (unpaired) electrons. The molecule has 1 aromatic heterocycles. The van der Waals surface area contributed by atoms with Crippen LogP contribution in [0.2, 0.25) is 0 Å². The largest absolute Gasteiger partial charge is 0.484 e. The Morgan fingerprint density at radius 2 is 2.07 bits per heavy atom. The number of carbonyl (C=O) groups is 1. The zero-order valence-electron chi connectivity index (χ0n) is 7.51. The van der Waals surface area contributed by atoms with E-state index in [-0.39, 0.29) is 11.5 Å². The molecule has 1 rings (SSSR count). The highest BCUT2D eigenvalue weighted by Crippen LogP contribution is 2.14. The van der Waals surface area contributed by atoms with Gasteiger partial charge in [0.25, 0.3) is 0 Å². The van der Waals surface area contributed by atoms with E-state index in [1.54, 1.807) is 0 Å². The molecule has 14 heavy (non-hydrogen) atoms. The van der Waals surface area contributed by atoms with Gasteiger partial charge in [-0.3, -0.25) is 9.78 Å². The van der Waals surface area contributed by atoms with Gasteiger partial charge in [-0.2, -0.15) is 0 Å². The normalized spacial score (nSPS) is 11.4. The molecule has 0 aliphatic heterocycles. The molecule has 0 aromatic carbocycles. The Labute approximate surface area is 79.2 Å². The maximum Gasteiger partial charge on any atom is 0.484 e. The van der Waals surface area contributed by atoms with E-state index in [0.717, 1.165) is 0 Å². The predicted octanol–water partition coefficient (Wildman–Crippen LogP) is 2.21. The second-order valence-electron chi connectivity index (χ2n) is 3.01. The number of carbonyl (C=O) groups excluding carboxylic acids is 1. The summed E-state index contributed by atoms with van der Waals surface area (Å²) in [6.45, 7) is -3.52. The standard InChI is InChI=1S/C8H8BF3NO/c1-6(14)7-2-3-8(13-5-7)4-9(10,11)12/h2-3,5H,4H2,1H3/q-1. The van der Waals surface area contributed by atoms with Crippen molar-refractivity contribution in [1.82, 2.24) is 4.98 Å². The molecule has 0 unspecified atom stereocenters. The van der Waals surface area contributed by atoms with Crippen molar-refractivity contribution in [3.8, 4) is 0 Å². The van der Waals surface area contributed by atoms with Crippen molar-refractivity contribution in [2.24, 2.45) is 0 Å². The van der Waals surface area contributed by atoms with Gasteiger partial charge in [0.15, 0.2) is 5.78 Å². The Morgan fingerprint density at radius 3 is 2.43 bits per heavy atom. The minimum atomic E-state index is -4.86. The molecule has 1 aromatic rings. The fraction of sp³-hybridized carbons (Fsp3) is 0.250. The van der Waals surface area contributed by atoms with Gasteiger partial charge in [0.05, 0.1) is 0 Å². The molecule has 1 heterocycles. The summed E-state index contributed by atoms with van der Waals surface area (Å²) in [5.41, 5.74) is 0.269. The van der Waals surface area contributed by atoms with Gasteiger partial charge in [-0.15, -0.1) is 0 Å². The monoisotopic (exact) mass is 202 g/mol. The van der Waals surface area contributed by atoms with E-state index in [1.807, 2.05) is 0 Å². The Morgan fingerprint density at radius 1 is 1.43 bits per heavy atom. The summed E-state index contributed by atoms with van der Waals surface area (Å²) in [6, 6.07) is 2.58. The average molecular weight is 202 g/mol. The first-order valence-electron chi connectivity index (χ1n) is 4.05. The summed E-state index contributed by atoms with van der Waals surface area (Å²) >= 11 is 0. The van der Waals surface area contributed by atoms with Crippen LogP contribution in [0.4, 0.5) is 12.9 Å². The Hall–Kier alpha value is -1.33. The summed E-state index contributed by atoms with van der Waals surface area (Å²) in [5.74, 6) is -0.207. The minimum Gasteiger partial charge on any atom is -0.449 e. The van der Waals surface area contributed by atoms with Crippen molar-refractivity contribution in [2.75, 3.05) is 0 Å². The van der Waals surface area contributed by atoms with Crippen molar-refractivity contribution in [3.05, 3.63) is 29.6 Å². The quantitative estimate of drug-likeness (QED) is 0.555. The summed E-state index contributed by atoms with van der Waals surface area (Å²) in [4.78, 5) is 14.3. The summed E-state index contributed by atoms with van der Waals surface area (Å²) in [7, 11) is 0. The smallest absolute Gasteiger partial charge is 0.449 e. The van der Waals surface area contributed by atoms with Gasteiger partial charge < -0.3 is 12.9 Å². The number of hydrogen-bond acceptors (Lipinski definition) is 2. The number of ketones is 1. The lowest BCUT2D eigenvalue weighted by Gasteiger charge is -2.12. The second kappa shape index (κ2) is 3.81. The molecule has 0 atom stereocenters. The van der Waals surface area contributed by atoms with Crippen LogP contribution in [0.1, 0.15) is 23.0 Å². The highest BCUT2D eigenvalue weighted by atomic mass is 19.4. The number of aromatic nitrogens is 1. The number of nitrogens with zero attached hydrogens (tertiary/aromatic N) is 1. The van der Waals surface area contributed by atoms with Crippen LogP contribution in [0.3, 0.4) is 0 Å². The zero-order chi connectivity index (χ0) is 10.8. The van der Waals surface area contributed by atoms with Gasteiger partial charge in [0.2, 0.25) is 0 Å². The lowest BCUT2D eigenvalue weighted by Crippen LogP contribution is -2.20. The van der Waals surface area contributed by atoms with E-state index < -0.39 is 13.3 Å². The van der Waals surface area contributed by atoms with E-state index in [0.29, 0.717) is 5.56 Å². The SMILES string of the molecule is CC(=O)c1ccc(C[B-](F)(F)F)nc1. The highest BCUT2D eigenvalue weighted by Gasteiger charge is 2.23. The molecule has 6 heteroatoms. The van der Waals surface area contributed by atoms with E-state index in [1.165, 1.54) is 25.3 Å². The molecule has 76 valence electrons. The van der Waals surface area contributed by atoms with Gasteiger partial charge in [-0.05, 0) is 25.4 Å². The number of rotatable bonds is 3. The summed E-state index contributed by atoms with van der Waals surface area (Å²) in [5, 5.41) is 0. The molecule has 2 nitrogen and oxygen atoms in total. The Balaban J connectivity index is 2.79. The van der Waals surface area contributed by atoms with Gasteiger partial charge in [0.1, 0.15) is 0 Å². The number of hydrogen-bond donors (Lipinski definition) is 0. The Bertz CT molecular complexity index is 333. The van der Waals surface area contributed by atoms with Crippen LogP contribution < -0.4 is 0 Å². The molecule has 0 bridgehead atoms. The van der Waals surface area contributed by atoms with E-state index in [9.17, 15) is 17.7 Å². The molecule has 0 amide bonds. The fourth-order valence-corrected chi connectivity index (χ4v) is 0.991. The van der Waals surface area contributed by atoms with Gasteiger partial charge in [-0.1, -0.05) is 0 Å². The van der Waals surface area contributed by atoms with Crippen LogP contribution in [-0.4, -0.2) is 17.7 Å². The molecule has 0 saturated carbocycles. The first-order valence-corrected chi connectivity index (χ1v) is 4.05. The van der Waals surface area contributed by atoms with Gasteiger partial charge >= 0.3 is 6.98 Å². The van der Waals surface area contributed by atoms with Crippen LogP contribution >= 0.6 is 0 Å². The molecule has 0 N–H and O–H groups in total. The first-order chi connectivity index (χ1) is 6.38. The van der Waals surface area contributed by atoms with Gasteiger partial charge in [-0.25, -0.2) is 0 Å². The van der Waals surface area contributed by atoms with Crippen molar-refractivity contribution in [1.29, 1.82) is 0 Å². The molecule has 0 saturated heterocycles. The van der Waals surface area contributed by atoms with Crippen LogP contribution in [0.5, 0.6) is 0 Å². The lowest BCUT2D eigenvalue weighted by molar-refractivity contribution is 0.101. The second-order valence-corrected chi connectivity index (χ2v) is 3.01. The minimum absolute atomic E-state index is 0.0532. The maximum atomic E-state index is 12.0. The van der Waals surface area contributed by atoms with Crippen molar-refractivity contribution in [3.63, 3.8) is 0 Å². The maximum absolute atomic E-state index is 12.0. The first kappa shape index (κ1) is 10.8. The molecular formula is C8H8BF3NO-. The number of pyridine rings is 1. The molecule has 0 aliphatic carbocycles. The van der Waals surface area contributed by atoms with Crippen molar-refractivity contribution < 1.29 is 17.7 Å². The zero-order valence-corrected chi connectivity index (χ0v) is 7.51. The topological polar surface area (TPSA) is 30.0 Å². The molecular weight excluding hydrogens is 194 g/mol. The van der Waals surface area contributed by atoms with E-state index in [2.05, 4.69) is 4.98 Å². The molecule has 0 fully saturated rings. The van der Waals surface area contributed by atoms with Crippen LogP contribution in [0.25, 0.3) is 0 Å². The van der Waals surface area contributed by atoms with Crippen LogP contribution in [0.15, 0.2) is 18.3 Å². The van der Waals surface area contributed by atoms with E-state index in [4.69, 9.17) is 0 Å². The number of halogens is 3. The third-order valence-corrected chi connectivity index (χ3v) is 1.67. The highest BCUT2D eigenvalue weighted by molar-refractivity contribution is 6.57. The van der Waals surface area contributed by atoms with Crippen molar-refractivity contribution >= 4 is 12.8 Å². The van der Waals surface area contributed by atoms with Crippen LogP contribution in [0, 0.1) is 0 Å². The van der Waals surface area contributed by atoms with Gasteiger partial charge in [0, 0.05) is 17.5 Å². The fourth-order valence-electron chi connectivity index (χ4n) is 0.991. The average Bonchev–Trinajstić information content (AvgIpc) is 2.02. The summed E-state index contributed by atoms with van der Waals surface area (Å²) in [6.07, 6.45) is 0.164. The predicted molar refractivity (Wildman–Crippen MR) is 47.0 cm³/mol. The lowest BCUT2D eigenvalue weighted by atomic mass is 9.84. The van der Waals surface area contributed by atoms with Crippen LogP contribution in [-0.2, 0) is 6.32 Å².